The van der Waals surface area contributed by atoms with E-state index in [1.165, 1.54) is 0 Å². The number of allylic oxidation sites excluding steroid dienone is 2. The maximum Gasteiger partial charge on any atom is 0.335 e. The average Bonchev–Trinajstić information content (AvgIpc) is 2.94. The molecule has 1 saturated carbocycles. The summed E-state index contributed by atoms with van der Waals surface area (Å²) in [5.41, 5.74) is -2.06. The van der Waals surface area contributed by atoms with Crippen LogP contribution in [-0.4, -0.2) is 51.5 Å². The number of fused-ring (bicyclic) bond motifs is 1. The van der Waals surface area contributed by atoms with Gasteiger partial charge in [-0.25, -0.2) is 4.79 Å². The second kappa shape index (κ2) is 8.64. The normalized spacial score (nSPS) is 41.6. The van der Waals surface area contributed by atoms with Gasteiger partial charge in [-0.15, -0.1) is 0 Å². The summed E-state index contributed by atoms with van der Waals surface area (Å²) in [4.78, 5) is 28.2. The summed E-state index contributed by atoms with van der Waals surface area (Å²) < 4.78 is 6.13. The van der Waals surface area contributed by atoms with Crippen LogP contribution in [0.1, 0.15) is 81.1 Å². The lowest BCUT2D eigenvalue weighted by Crippen LogP contribution is -2.65. The van der Waals surface area contributed by atoms with E-state index in [9.17, 15) is 24.9 Å². The topological polar surface area (TPSA) is 104 Å². The Labute approximate surface area is 215 Å². The molecule has 4 rings (SSSR count). The van der Waals surface area contributed by atoms with Crippen molar-refractivity contribution in [2.24, 2.45) is 34.0 Å². The van der Waals surface area contributed by atoms with Crippen LogP contribution >= 0.6 is 0 Å². The molecule has 200 valence electrons. The van der Waals surface area contributed by atoms with Crippen LogP contribution in [0.3, 0.4) is 0 Å². The minimum absolute atomic E-state index is 0.141. The third-order valence-corrected chi connectivity index (χ3v) is 10.4. The molecule has 0 amide bonds. The van der Waals surface area contributed by atoms with E-state index < -0.39 is 47.1 Å². The van der Waals surface area contributed by atoms with E-state index in [-0.39, 0.29) is 28.6 Å². The van der Waals surface area contributed by atoms with Gasteiger partial charge in [0.2, 0.25) is 0 Å². The zero-order chi connectivity index (χ0) is 27.0. The van der Waals surface area contributed by atoms with Crippen LogP contribution in [0.25, 0.3) is 0 Å². The summed E-state index contributed by atoms with van der Waals surface area (Å²) in [6.45, 7) is 15.4. The van der Waals surface area contributed by atoms with Crippen molar-refractivity contribution in [1.29, 1.82) is 0 Å². The Morgan fingerprint density at radius 2 is 1.78 bits per heavy atom. The summed E-state index contributed by atoms with van der Waals surface area (Å²) in [5, 5.41) is 34.5. The fourth-order valence-corrected chi connectivity index (χ4v) is 7.89. The molecule has 0 radical (unpaired) electrons. The Hall–Kier alpha value is -1.76. The van der Waals surface area contributed by atoms with Gasteiger partial charge in [0.05, 0.1) is 12.0 Å². The van der Waals surface area contributed by atoms with Gasteiger partial charge >= 0.3 is 5.97 Å². The predicted molar refractivity (Wildman–Crippen MR) is 138 cm³/mol. The first-order valence-electron chi connectivity index (χ1n) is 13.4. The first kappa shape index (κ1) is 27.3. The zero-order valence-electron chi connectivity index (χ0n) is 23.1. The Bertz CT molecular complexity index is 1060. The molecule has 36 heavy (non-hydrogen) atoms. The molecule has 0 aromatic carbocycles. The standard InChI is InChI=1S/C30H44O6/c1-16-10-9-11-27(5,6)22(16)26(34)36-25-17(2)14-29-19(4)12-18(3)28(7,8)21(24(29)33)13-20(15-31)23(32)30(25,29)35/h13-14,18-19,21,23,25,31-32,35H,9-12,15H2,1-8H3/t18-,19+,21+,23+,25-,29-,30-/m0/s1. The molecule has 2 bridgehead atoms. The van der Waals surface area contributed by atoms with Gasteiger partial charge in [0, 0.05) is 11.5 Å². The minimum atomic E-state index is -2.13. The molecule has 4 aliphatic rings. The number of hydrogen-bond acceptors (Lipinski definition) is 6. The lowest BCUT2D eigenvalue weighted by molar-refractivity contribution is -0.201. The molecule has 0 aromatic rings. The Morgan fingerprint density at radius 3 is 2.36 bits per heavy atom. The first-order chi connectivity index (χ1) is 16.6. The maximum atomic E-state index is 14.5. The molecule has 1 fully saturated rings. The molecule has 6 heteroatoms. The fraction of sp³-hybridized carbons (Fsp3) is 0.733. The molecule has 0 saturated heterocycles. The molecule has 1 spiro atoms. The predicted octanol–water partition coefficient (Wildman–Crippen LogP) is 4.28. The van der Waals surface area contributed by atoms with Gasteiger partial charge in [0.1, 0.15) is 6.10 Å². The van der Waals surface area contributed by atoms with Crippen molar-refractivity contribution in [3.8, 4) is 0 Å². The lowest BCUT2D eigenvalue weighted by atomic mass is 9.59. The van der Waals surface area contributed by atoms with Gasteiger partial charge in [0.25, 0.3) is 0 Å². The van der Waals surface area contributed by atoms with Crippen LogP contribution in [0.4, 0.5) is 0 Å². The van der Waals surface area contributed by atoms with Gasteiger partial charge in [-0.1, -0.05) is 59.3 Å². The quantitative estimate of drug-likeness (QED) is 0.395. The molecule has 7 atom stereocenters. The average molecular weight is 501 g/mol. The number of Topliss-reactive ketones (excluding diaryl/α,β-unsaturated/α-hetero) is 1. The van der Waals surface area contributed by atoms with Gasteiger partial charge < -0.3 is 20.1 Å². The van der Waals surface area contributed by atoms with Crippen molar-refractivity contribution in [3.05, 3.63) is 34.4 Å². The van der Waals surface area contributed by atoms with Crippen LogP contribution in [-0.2, 0) is 14.3 Å². The number of hydrogen-bond donors (Lipinski definition) is 3. The van der Waals surface area contributed by atoms with Crippen molar-refractivity contribution in [3.63, 3.8) is 0 Å². The largest absolute Gasteiger partial charge is 0.451 e. The molecule has 0 unspecified atom stereocenters. The highest BCUT2D eigenvalue weighted by Crippen LogP contribution is 2.62. The fourth-order valence-electron chi connectivity index (χ4n) is 7.89. The molecule has 6 nitrogen and oxygen atoms in total. The van der Waals surface area contributed by atoms with Gasteiger partial charge in [0.15, 0.2) is 17.5 Å². The molecule has 4 aliphatic carbocycles. The summed E-state index contributed by atoms with van der Waals surface area (Å²) in [5.74, 6) is -1.47. The van der Waals surface area contributed by atoms with E-state index in [1.54, 1.807) is 19.1 Å². The highest BCUT2D eigenvalue weighted by Gasteiger charge is 2.73. The van der Waals surface area contributed by atoms with Gasteiger partial charge in [-0.05, 0) is 73.3 Å². The second-order valence-corrected chi connectivity index (χ2v) is 13.3. The van der Waals surface area contributed by atoms with Crippen molar-refractivity contribution >= 4 is 11.8 Å². The highest BCUT2D eigenvalue weighted by atomic mass is 16.6. The summed E-state index contributed by atoms with van der Waals surface area (Å²) in [7, 11) is 0. The summed E-state index contributed by atoms with van der Waals surface area (Å²) in [6.07, 6.45) is 3.98. The highest BCUT2D eigenvalue weighted by molar-refractivity contribution is 5.96. The van der Waals surface area contributed by atoms with E-state index in [2.05, 4.69) is 6.92 Å². The Balaban J connectivity index is 1.89. The van der Waals surface area contributed by atoms with Crippen LogP contribution < -0.4 is 0 Å². The summed E-state index contributed by atoms with van der Waals surface area (Å²) >= 11 is 0. The minimum Gasteiger partial charge on any atom is -0.451 e. The third-order valence-electron chi connectivity index (χ3n) is 10.4. The van der Waals surface area contributed by atoms with Crippen molar-refractivity contribution in [1.82, 2.24) is 0 Å². The number of carbonyl (C=O) groups excluding carboxylic acids is 2. The number of esters is 1. The maximum absolute atomic E-state index is 14.5. The van der Waals surface area contributed by atoms with Crippen LogP contribution in [0.15, 0.2) is 34.4 Å². The van der Waals surface area contributed by atoms with E-state index in [0.29, 0.717) is 17.6 Å². The molecule has 3 N–H and O–H groups in total. The van der Waals surface area contributed by atoms with Crippen LogP contribution in [0.2, 0.25) is 0 Å². The second-order valence-electron chi connectivity index (χ2n) is 13.3. The Morgan fingerprint density at radius 1 is 1.14 bits per heavy atom. The molecular weight excluding hydrogens is 456 g/mol. The number of aliphatic hydroxyl groups excluding tert-OH is 2. The monoisotopic (exact) mass is 500 g/mol. The van der Waals surface area contributed by atoms with Gasteiger partial charge in [-0.2, -0.15) is 0 Å². The molecule has 0 heterocycles. The zero-order valence-corrected chi connectivity index (χ0v) is 23.1. The first-order valence-corrected chi connectivity index (χ1v) is 13.4. The van der Waals surface area contributed by atoms with Crippen molar-refractivity contribution in [2.75, 3.05) is 6.61 Å². The summed E-state index contributed by atoms with van der Waals surface area (Å²) in [6, 6.07) is 0. The Kier molecular flexibility index (Phi) is 6.55. The van der Waals surface area contributed by atoms with Crippen LogP contribution in [0.5, 0.6) is 0 Å². The van der Waals surface area contributed by atoms with E-state index in [1.807, 2.05) is 41.5 Å². The molecular formula is C30H44O6. The van der Waals surface area contributed by atoms with Crippen molar-refractivity contribution in [2.45, 2.75) is 98.9 Å². The number of carbonyl (C=O) groups is 2. The van der Waals surface area contributed by atoms with E-state index in [0.717, 1.165) is 24.8 Å². The molecule has 0 aliphatic heterocycles. The number of ether oxygens (including phenoxy) is 1. The van der Waals surface area contributed by atoms with Gasteiger partial charge in [-0.3, -0.25) is 4.79 Å². The SMILES string of the molecule is CC1=C[C@]23C(=O)[C@@H](C=C(CO)[C@@H](O)[C@]2(O)[C@H]1OC(=O)C1=C(C)CCCC1(C)C)C(C)(C)[C@@H](C)C[C@H]3C. The lowest BCUT2D eigenvalue weighted by Gasteiger charge is -2.48. The third kappa shape index (κ3) is 3.47. The molecule has 0 aromatic heterocycles. The van der Waals surface area contributed by atoms with Crippen LogP contribution in [0, 0.1) is 34.0 Å². The number of ketones is 1. The smallest absolute Gasteiger partial charge is 0.335 e. The van der Waals surface area contributed by atoms with E-state index in [4.69, 9.17) is 4.74 Å². The van der Waals surface area contributed by atoms with Crippen molar-refractivity contribution < 1.29 is 29.6 Å². The number of aliphatic hydroxyl groups is 3. The van der Waals surface area contributed by atoms with E-state index >= 15 is 0 Å². The number of rotatable bonds is 3.